The molecule has 0 saturated carbocycles. The Morgan fingerprint density at radius 2 is 1.89 bits per heavy atom. The van der Waals surface area contributed by atoms with Crippen LogP contribution < -0.4 is 14.3 Å². The zero-order valence-corrected chi connectivity index (χ0v) is 11.6. The minimum absolute atomic E-state index is 0.0794. The minimum atomic E-state index is -0.0794. The number of nitrogens with one attached hydrogen (secondary N) is 1. The van der Waals surface area contributed by atoms with Crippen molar-refractivity contribution in [1.29, 1.82) is 0 Å². The van der Waals surface area contributed by atoms with E-state index in [1.165, 1.54) is 0 Å². The van der Waals surface area contributed by atoms with E-state index in [0.29, 0.717) is 0 Å². The average molecular weight is 265 g/mol. The fourth-order valence-corrected chi connectivity index (χ4v) is 2.53. The molecule has 0 fully saturated rings. The Morgan fingerprint density at radius 3 is 2.39 bits per heavy atom. The van der Waals surface area contributed by atoms with Crippen LogP contribution in [0.2, 0.25) is 0 Å². The molecule has 0 aliphatic carbocycles. The van der Waals surface area contributed by atoms with Crippen LogP contribution in [0.25, 0.3) is 11.3 Å². The highest BCUT2D eigenvalue weighted by atomic mass is 32.1. The van der Waals surface area contributed by atoms with Crippen molar-refractivity contribution in [3.8, 4) is 22.8 Å². The van der Waals surface area contributed by atoms with Crippen LogP contribution in [0.1, 0.15) is 11.1 Å². The third-order valence-electron chi connectivity index (χ3n) is 3.03. The Balaban J connectivity index is 2.73. The highest BCUT2D eigenvalue weighted by Crippen LogP contribution is 2.38. The van der Waals surface area contributed by atoms with E-state index in [0.717, 1.165) is 45.2 Å². The molecule has 1 N–H and O–H groups in total. The van der Waals surface area contributed by atoms with Gasteiger partial charge in [-0.3, -0.25) is 4.79 Å². The maximum Gasteiger partial charge on any atom is 0.304 e. The van der Waals surface area contributed by atoms with Crippen molar-refractivity contribution in [1.82, 2.24) is 4.98 Å². The fourth-order valence-electron chi connectivity index (χ4n) is 1.95. The number of H-pyrrole nitrogens is 1. The van der Waals surface area contributed by atoms with Crippen molar-refractivity contribution in [2.24, 2.45) is 0 Å². The van der Waals surface area contributed by atoms with Crippen LogP contribution >= 0.6 is 11.3 Å². The van der Waals surface area contributed by atoms with Crippen molar-refractivity contribution in [3.05, 3.63) is 32.2 Å². The lowest BCUT2D eigenvalue weighted by molar-refractivity contribution is 0.399. The van der Waals surface area contributed by atoms with Crippen LogP contribution in [-0.4, -0.2) is 19.2 Å². The molecule has 0 aliphatic rings. The zero-order valence-electron chi connectivity index (χ0n) is 10.8. The Labute approximate surface area is 109 Å². The Hall–Kier alpha value is -1.75. The number of hydrogen-bond donors (Lipinski definition) is 1. The molecule has 18 heavy (non-hydrogen) atoms. The highest BCUT2D eigenvalue weighted by Gasteiger charge is 2.16. The van der Waals surface area contributed by atoms with Gasteiger partial charge in [-0.15, -0.1) is 0 Å². The Morgan fingerprint density at radius 1 is 1.17 bits per heavy atom. The number of hydrogen-bond acceptors (Lipinski definition) is 4. The first-order valence-corrected chi connectivity index (χ1v) is 6.36. The quantitative estimate of drug-likeness (QED) is 0.928. The number of thiazole rings is 1. The van der Waals surface area contributed by atoms with E-state index in [2.05, 4.69) is 4.98 Å². The largest absolute Gasteiger partial charge is 0.496 e. The molecule has 0 bridgehead atoms. The summed E-state index contributed by atoms with van der Waals surface area (Å²) in [6.45, 7) is 3.96. The highest BCUT2D eigenvalue weighted by molar-refractivity contribution is 7.07. The van der Waals surface area contributed by atoms with Crippen molar-refractivity contribution < 1.29 is 9.47 Å². The van der Waals surface area contributed by atoms with Crippen LogP contribution in [0.3, 0.4) is 0 Å². The lowest BCUT2D eigenvalue weighted by Crippen LogP contribution is -1.99. The molecule has 2 rings (SSSR count). The lowest BCUT2D eigenvalue weighted by atomic mass is 10.0. The van der Waals surface area contributed by atoms with E-state index in [9.17, 15) is 4.79 Å². The van der Waals surface area contributed by atoms with Crippen LogP contribution in [0.4, 0.5) is 0 Å². The summed E-state index contributed by atoms with van der Waals surface area (Å²) >= 11 is 1.13. The van der Waals surface area contributed by atoms with Gasteiger partial charge in [0.25, 0.3) is 0 Å². The molecule has 1 aromatic heterocycles. The minimum Gasteiger partial charge on any atom is -0.496 e. The summed E-state index contributed by atoms with van der Waals surface area (Å²) in [4.78, 5) is 14.0. The van der Waals surface area contributed by atoms with E-state index in [1.807, 2.05) is 19.9 Å². The third-order valence-corrected chi connectivity index (χ3v) is 3.70. The molecule has 2 aromatic rings. The van der Waals surface area contributed by atoms with Gasteiger partial charge in [0.05, 0.1) is 19.9 Å². The number of rotatable bonds is 3. The van der Waals surface area contributed by atoms with Gasteiger partial charge in [-0.2, -0.15) is 0 Å². The summed E-state index contributed by atoms with van der Waals surface area (Å²) in [6.07, 6.45) is 0. The monoisotopic (exact) mass is 265 g/mol. The van der Waals surface area contributed by atoms with Gasteiger partial charge < -0.3 is 14.5 Å². The summed E-state index contributed by atoms with van der Waals surface area (Å²) in [7, 11) is 3.26. The van der Waals surface area contributed by atoms with Gasteiger partial charge in [-0.05, 0) is 31.0 Å². The van der Waals surface area contributed by atoms with E-state index >= 15 is 0 Å². The van der Waals surface area contributed by atoms with Gasteiger partial charge in [0.1, 0.15) is 11.5 Å². The molecule has 4 nitrogen and oxygen atoms in total. The van der Waals surface area contributed by atoms with Crippen LogP contribution in [0.5, 0.6) is 11.5 Å². The summed E-state index contributed by atoms with van der Waals surface area (Å²) in [6, 6.07) is 1.89. The second-order valence-corrected chi connectivity index (χ2v) is 4.81. The molecular formula is C13H15NO3S. The van der Waals surface area contributed by atoms with E-state index in [4.69, 9.17) is 9.47 Å². The molecule has 0 unspecified atom stereocenters. The van der Waals surface area contributed by atoms with Gasteiger partial charge in [-0.25, -0.2) is 0 Å². The van der Waals surface area contributed by atoms with Gasteiger partial charge >= 0.3 is 4.87 Å². The number of benzene rings is 1. The molecule has 5 heteroatoms. The number of aromatic amines is 1. The van der Waals surface area contributed by atoms with Crippen molar-refractivity contribution in [3.63, 3.8) is 0 Å². The molecular weight excluding hydrogens is 250 g/mol. The molecule has 0 atom stereocenters. The molecule has 0 saturated heterocycles. The summed E-state index contributed by atoms with van der Waals surface area (Å²) in [5, 5.41) is 1.79. The van der Waals surface area contributed by atoms with Crippen molar-refractivity contribution in [2.75, 3.05) is 14.2 Å². The number of methoxy groups -OCH3 is 2. The van der Waals surface area contributed by atoms with Crippen LogP contribution in [-0.2, 0) is 0 Å². The molecule has 0 amide bonds. The molecule has 1 heterocycles. The first-order valence-electron chi connectivity index (χ1n) is 5.48. The van der Waals surface area contributed by atoms with Crippen molar-refractivity contribution in [2.45, 2.75) is 13.8 Å². The normalized spacial score (nSPS) is 10.4. The lowest BCUT2D eigenvalue weighted by Gasteiger charge is -2.15. The third kappa shape index (κ3) is 2.01. The fraction of sp³-hybridized carbons (Fsp3) is 0.308. The Bertz CT molecular complexity index is 628. The van der Waals surface area contributed by atoms with Gasteiger partial charge in [0, 0.05) is 10.9 Å². The molecule has 0 radical (unpaired) electrons. The predicted molar refractivity (Wildman–Crippen MR) is 73.0 cm³/mol. The maximum absolute atomic E-state index is 11.3. The SMILES string of the molecule is COc1cc(-c2csc(=O)[nH]2)c(OC)c(C)c1C. The summed E-state index contributed by atoms with van der Waals surface area (Å²) in [5.74, 6) is 1.55. The second-order valence-electron chi connectivity index (χ2n) is 3.97. The summed E-state index contributed by atoms with van der Waals surface area (Å²) < 4.78 is 10.8. The van der Waals surface area contributed by atoms with Crippen molar-refractivity contribution >= 4 is 11.3 Å². The summed E-state index contributed by atoms with van der Waals surface area (Å²) in [5.41, 5.74) is 3.65. The van der Waals surface area contributed by atoms with E-state index < -0.39 is 0 Å². The van der Waals surface area contributed by atoms with E-state index in [1.54, 1.807) is 19.6 Å². The second kappa shape index (κ2) is 4.86. The molecule has 0 spiro atoms. The van der Waals surface area contributed by atoms with Crippen LogP contribution in [0.15, 0.2) is 16.2 Å². The average Bonchev–Trinajstić information content (AvgIpc) is 2.79. The zero-order chi connectivity index (χ0) is 13.3. The van der Waals surface area contributed by atoms with Gasteiger partial charge in [0.2, 0.25) is 0 Å². The van der Waals surface area contributed by atoms with Gasteiger partial charge in [0.15, 0.2) is 0 Å². The maximum atomic E-state index is 11.3. The standard InChI is InChI=1S/C13H15NO3S/c1-7-8(2)12(17-4)9(5-11(7)16-3)10-6-18-13(15)14-10/h5-6H,1-4H3,(H,14,15). The molecule has 1 aromatic carbocycles. The molecule has 96 valence electrons. The molecule has 0 aliphatic heterocycles. The van der Waals surface area contributed by atoms with Crippen LogP contribution in [0, 0.1) is 13.8 Å². The topological polar surface area (TPSA) is 51.3 Å². The first kappa shape index (κ1) is 12.7. The predicted octanol–water partition coefficient (Wildman–Crippen LogP) is 2.74. The van der Waals surface area contributed by atoms with E-state index in [-0.39, 0.29) is 4.87 Å². The Kier molecular flexibility index (Phi) is 3.43. The number of ether oxygens (including phenoxy) is 2. The smallest absolute Gasteiger partial charge is 0.304 e. The first-order chi connectivity index (χ1) is 8.58. The number of aromatic nitrogens is 1. The van der Waals surface area contributed by atoms with Gasteiger partial charge in [-0.1, -0.05) is 11.3 Å².